The number of pyridine rings is 1. The molecular formula is C34H30ClF4N5O2. The van der Waals surface area contributed by atoms with E-state index in [0.717, 1.165) is 29.9 Å². The Kier molecular flexibility index (Phi) is 10.5. The molecule has 238 valence electrons. The van der Waals surface area contributed by atoms with Crippen LogP contribution in [0.25, 0.3) is 11.0 Å². The number of halogens is 5. The van der Waals surface area contributed by atoms with Crippen LogP contribution in [-0.4, -0.2) is 39.1 Å². The molecule has 0 saturated carbocycles. The van der Waals surface area contributed by atoms with Crippen molar-refractivity contribution in [2.45, 2.75) is 31.2 Å². The molecule has 2 unspecified atom stereocenters. The molecule has 2 aromatic heterocycles. The van der Waals surface area contributed by atoms with Gasteiger partial charge >= 0.3 is 0 Å². The standard InChI is InChI=1S/C34H30ClF4N5O2/c1-19(8-9-41-32(18-45)34-43-29-7-4-22(35)13-30(29)44-34)10-27-28(39)16-40-17-31(27)42-33(46)15-26(20-2-5-23(36)6-3-20)21-11-24(37)14-25(38)12-21/h2-7,11-14,16-17,26,32,41,45H,1,8-10,15,18H2,(H,42,46)(H,43,44). The topological polar surface area (TPSA) is 103 Å². The molecule has 3 aromatic carbocycles. The number of anilines is 1. The van der Waals surface area contributed by atoms with Gasteiger partial charge in [0.15, 0.2) is 0 Å². The maximum absolute atomic E-state index is 15.0. The number of nitrogens with zero attached hydrogens (tertiary/aromatic N) is 2. The number of benzene rings is 3. The predicted molar refractivity (Wildman–Crippen MR) is 168 cm³/mol. The molecule has 0 fully saturated rings. The van der Waals surface area contributed by atoms with E-state index in [4.69, 9.17) is 11.6 Å². The zero-order chi connectivity index (χ0) is 32.8. The summed E-state index contributed by atoms with van der Waals surface area (Å²) >= 11 is 6.05. The lowest BCUT2D eigenvalue weighted by Gasteiger charge is -2.19. The van der Waals surface area contributed by atoms with Crippen LogP contribution in [0, 0.1) is 23.3 Å². The molecule has 7 nitrogen and oxygen atoms in total. The van der Waals surface area contributed by atoms with Crippen LogP contribution in [0.5, 0.6) is 0 Å². The molecule has 46 heavy (non-hydrogen) atoms. The fourth-order valence-corrected chi connectivity index (χ4v) is 5.38. The van der Waals surface area contributed by atoms with Gasteiger partial charge in [0.25, 0.3) is 0 Å². The Morgan fingerprint density at radius 3 is 2.41 bits per heavy atom. The van der Waals surface area contributed by atoms with Gasteiger partial charge < -0.3 is 20.7 Å². The van der Waals surface area contributed by atoms with Crippen LogP contribution in [0.1, 0.15) is 47.3 Å². The quantitative estimate of drug-likeness (QED) is 0.0801. The maximum atomic E-state index is 15.0. The van der Waals surface area contributed by atoms with Gasteiger partial charge in [0.05, 0.1) is 41.8 Å². The molecule has 12 heteroatoms. The highest BCUT2D eigenvalue weighted by molar-refractivity contribution is 6.31. The third kappa shape index (κ3) is 8.16. The van der Waals surface area contributed by atoms with Gasteiger partial charge in [0.1, 0.15) is 29.1 Å². The van der Waals surface area contributed by atoms with Crippen LogP contribution in [0.4, 0.5) is 23.2 Å². The Labute approximate surface area is 267 Å². The van der Waals surface area contributed by atoms with E-state index in [1.165, 1.54) is 30.5 Å². The summed E-state index contributed by atoms with van der Waals surface area (Å²) in [4.78, 5) is 24.8. The van der Waals surface area contributed by atoms with Crippen molar-refractivity contribution >= 4 is 34.2 Å². The molecule has 0 aliphatic rings. The maximum Gasteiger partial charge on any atom is 0.225 e. The second kappa shape index (κ2) is 14.7. The van der Waals surface area contributed by atoms with E-state index in [1.54, 1.807) is 18.2 Å². The summed E-state index contributed by atoms with van der Waals surface area (Å²) in [5.74, 6) is -3.65. The van der Waals surface area contributed by atoms with Crippen LogP contribution in [0.3, 0.4) is 0 Å². The number of carbonyl (C=O) groups is 1. The Balaban J connectivity index is 1.24. The van der Waals surface area contributed by atoms with Gasteiger partial charge in [0.2, 0.25) is 5.91 Å². The lowest BCUT2D eigenvalue weighted by Crippen LogP contribution is -2.26. The minimum atomic E-state index is -0.819. The Morgan fingerprint density at radius 1 is 0.957 bits per heavy atom. The molecule has 0 bridgehead atoms. The summed E-state index contributed by atoms with van der Waals surface area (Å²) < 4.78 is 56.8. The number of fused-ring (bicyclic) bond motifs is 1. The number of aromatic nitrogens is 3. The highest BCUT2D eigenvalue weighted by atomic mass is 35.5. The van der Waals surface area contributed by atoms with Gasteiger partial charge in [0, 0.05) is 29.0 Å². The van der Waals surface area contributed by atoms with E-state index in [2.05, 4.69) is 32.2 Å². The summed E-state index contributed by atoms with van der Waals surface area (Å²) in [6.07, 6.45) is 2.56. The minimum Gasteiger partial charge on any atom is -0.394 e. The predicted octanol–water partition coefficient (Wildman–Crippen LogP) is 7.14. The van der Waals surface area contributed by atoms with E-state index < -0.39 is 41.1 Å². The number of nitrogens with one attached hydrogen (secondary N) is 3. The van der Waals surface area contributed by atoms with Crippen molar-refractivity contribution in [3.05, 3.63) is 136 Å². The first kappa shape index (κ1) is 32.8. The van der Waals surface area contributed by atoms with Crippen molar-refractivity contribution < 1.29 is 27.5 Å². The summed E-state index contributed by atoms with van der Waals surface area (Å²) in [7, 11) is 0. The van der Waals surface area contributed by atoms with Gasteiger partial charge in [-0.1, -0.05) is 35.9 Å². The van der Waals surface area contributed by atoms with Gasteiger partial charge in [-0.25, -0.2) is 22.5 Å². The molecule has 0 aliphatic heterocycles. The fraction of sp³-hybridized carbons (Fsp3) is 0.206. The minimum absolute atomic E-state index is 0.0784. The number of imidazole rings is 1. The van der Waals surface area contributed by atoms with Crippen LogP contribution >= 0.6 is 11.6 Å². The largest absolute Gasteiger partial charge is 0.394 e. The second-order valence-electron chi connectivity index (χ2n) is 10.9. The number of H-pyrrole nitrogens is 1. The SMILES string of the molecule is C=C(CCNC(CO)c1nc2ccc(Cl)cc2[nH]1)Cc1c(F)cncc1NC(=O)CC(c1ccc(F)cc1)c1cc(F)cc(F)c1. The molecular weight excluding hydrogens is 622 g/mol. The lowest BCUT2D eigenvalue weighted by molar-refractivity contribution is -0.116. The van der Waals surface area contributed by atoms with E-state index in [9.17, 15) is 27.5 Å². The number of aliphatic hydroxyl groups excluding tert-OH is 1. The molecule has 5 rings (SSSR count). The van der Waals surface area contributed by atoms with Crippen LogP contribution in [0.2, 0.25) is 5.02 Å². The number of carbonyl (C=O) groups excluding carboxylic acids is 1. The van der Waals surface area contributed by atoms with Crippen LogP contribution in [-0.2, 0) is 11.2 Å². The summed E-state index contributed by atoms with van der Waals surface area (Å²) in [5, 5.41) is 16.4. The van der Waals surface area contributed by atoms with E-state index >= 15 is 0 Å². The molecule has 4 N–H and O–H groups in total. The number of hydrogen-bond donors (Lipinski definition) is 4. The third-order valence-electron chi connectivity index (χ3n) is 7.50. The van der Waals surface area contributed by atoms with Crippen molar-refractivity contribution in [3.63, 3.8) is 0 Å². The van der Waals surface area contributed by atoms with Gasteiger partial charge in [-0.3, -0.25) is 9.78 Å². The van der Waals surface area contributed by atoms with Crippen molar-refractivity contribution in [1.82, 2.24) is 20.3 Å². The van der Waals surface area contributed by atoms with E-state index in [-0.39, 0.29) is 36.3 Å². The smallest absolute Gasteiger partial charge is 0.225 e. The summed E-state index contributed by atoms with van der Waals surface area (Å²) in [5.41, 5.74) is 3.02. The van der Waals surface area contributed by atoms with Gasteiger partial charge in [-0.15, -0.1) is 0 Å². The molecule has 2 atom stereocenters. The number of hydrogen-bond acceptors (Lipinski definition) is 5. The highest BCUT2D eigenvalue weighted by Gasteiger charge is 2.22. The summed E-state index contributed by atoms with van der Waals surface area (Å²) in [6, 6.07) is 13.0. The molecule has 0 aliphatic carbocycles. The average Bonchev–Trinajstić information content (AvgIpc) is 3.43. The van der Waals surface area contributed by atoms with Gasteiger partial charge in [-0.05, 0) is 73.0 Å². The monoisotopic (exact) mass is 651 g/mol. The Morgan fingerprint density at radius 2 is 1.70 bits per heavy atom. The zero-order valence-corrected chi connectivity index (χ0v) is 25.2. The molecule has 1 amide bonds. The fourth-order valence-electron chi connectivity index (χ4n) is 5.21. The van der Waals surface area contributed by atoms with Gasteiger partial charge in [-0.2, -0.15) is 0 Å². The van der Waals surface area contributed by atoms with Crippen molar-refractivity contribution in [2.75, 3.05) is 18.5 Å². The average molecular weight is 652 g/mol. The Hall–Kier alpha value is -4.58. The normalized spacial score (nSPS) is 12.7. The van der Waals surface area contributed by atoms with Crippen LogP contribution < -0.4 is 10.6 Å². The zero-order valence-electron chi connectivity index (χ0n) is 24.5. The first-order valence-electron chi connectivity index (χ1n) is 14.4. The van der Waals surface area contributed by atoms with E-state index in [1.807, 2.05) is 0 Å². The van der Waals surface area contributed by atoms with Crippen molar-refractivity contribution in [2.24, 2.45) is 0 Å². The Bertz CT molecular complexity index is 1840. The number of aliphatic hydroxyl groups is 1. The first-order chi connectivity index (χ1) is 22.1. The highest BCUT2D eigenvalue weighted by Crippen LogP contribution is 2.31. The molecule has 0 radical (unpaired) electrons. The second-order valence-corrected chi connectivity index (χ2v) is 11.3. The lowest BCUT2D eigenvalue weighted by atomic mass is 9.88. The number of rotatable bonds is 13. The molecule has 0 spiro atoms. The van der Waals surface area contributed by atoms with Crippen molar-refractivity contribution in [3.8, 4) is 0 Å². The molecule has 5 aromatic rings. The molecule has 2 heterocycles. The first-order valence-corrected chi connectivity index (χ1v) is 14.8. The molecule has 0 saturated heterocycles. The van der Waals surface area contributed by atoms with E-state index in [0.29, 0.717) is 40.5 Å². The summed E-state index contributed by atoms with van der Waals surface area (Å²) in [6.45, 7) is 4.22. The van der Waals surface area contributed by atoms with Crippen LogP contribution in [0.15, 0.2) is 85.2 Å². The van der Waals surface area contributed by atoms with Crippen molar-refractivity contribution in [1.29, 1.82) is 0 Å². The third-order valence-corrected chi connectivity index (χ3v) is 7.73. The number of amides is 1. The number of aromatic amines is 1.